The minimum atomic E-state index is -1.33. The fourth-order valence-electron chi connectivity index (χ4n) is 3.94. The average Bonchev–Trinajstić information content (AvgIpc) is 3.08. The van der Waals surface area contributed by atoms with E-state index in [1.807, 2.05) is 48.5 Å². The number of phenolic OH excluding ortho intramolecular Hbond substituents is 2. The molecule has 7 nitrogen and oxygen atoms in total. The van der Waals surface area contributed by atoms with Crippen molar-refractivity contribution >= 4 is 12.1 Å². The smallest absolute Gasteiger partial charge is 0.407 e. The molecule has 0 spiro atoms. The van der Waals surface area contributed by atoms with Crippen LogP contribution in [0.4, 0.5) is 4.79 Å². The molecule has 1 amide bonds. The lowest BCUT2D eigenvalue weighted by molar-refractivity contribution is -0.139. The number of ether oxygens (including phenoxy) is 1. The van der Waals surface area contributed by atoms with Gasteiger partial charge in [-0.3, -0.25) is 0 Å². The van der Waals surface area contributed by atoms with Gasteiger partial charge in [-0.05, 0) is 28.3 Å². The van der Waals surface area contributed by atoms with Crippen LogP contribution in [0.1, 0.15) is 22.6 Å². The molecule has 4 N–H and O–H groups in total. The number of fused-ring (bicyclic) bond motifs is 3. The Balaban J connectivity index is 1.45. The molecule has 1 aliphatic carbocycles. The van der Waals surface area contributed by atoms with E-state index < -0.39 is 23.9 Å². The molecule has 1 unspecified atom stereocenters. The van der Waals surface area contributed by atoms with Gasteiger partial charge in [0.2, 0.25) is 0 Å². The van der Waals surface area contributed by atoms with Crippen LogP contribution < -0.4 is 5.32 Å². The van der Waals surface area contributed by atoms with Crippen molar-refractivity contribution in [1.82, 2.24) is 5.32 Å². The number of nitrogens with one attached hydrogen (secondary N) is 1. The molecule has 0 bridgehead atoms. The minimum Gasteiger partial charge on any atom is -0.504 e. The lowest BCUT2D eigenvalue weighted by atomic mass is 9.98. The molecule has 0 heterocycles. The Hall–Kier alpha value is -4.00. The summed E-state index contributed by atoms with van der Waals surface area (Å²) < 4.78 is 5.39. The Morgan fingerprint density at radius 2 is 1.52 bits per heavy atom. The van der Waals surface area contributed by atoms with E-state index >= 15 is 0 Å². The van der Waals surface area contributed by atoms with Gasteiger partial charge in [0, 0.05) is 17.9 Å². The summed E-state index contributed by atoms with van der Waals surface area (Å²) in [7, 11) is 0. The van der Waals surface area contributed by atoms with Gasteiger partial charge in [0.25, 0.3) is 0 Å². The minimum absolute atomic E-state index is 0.0591. The van der Waals surface area contributed by atoms with Crippen molar-refractivity contribution in [3.05, 3.63) is 83.4 Å². The monoisotopic (exact) mass is 419 g/mol. The number of hydrogen-bond acceptors (Lipinski definition) is 5. The lowest BCUT2D eigenvalue weighted by Crippen LogP contribution is -2.42. The summed E-state index contributed by atoms with van der Waals surface area (Å²) in [6, 6.07) is 18.7. The van der Waals surface area contributed by atoms with Gasteiger partial charge in [0.1, 0.15) is 12.6 Å². The van der Waals surface area contributed by atoms with E-state index in [0.29, 0.717) is 0 Å². The molecule has 1 aliphatic rings. The SMILES string of the molecule is O=C(NC(Cc1cccc(O)c1O)C(=O)O)OCC1c2ccccc2-c2ccccc21. The summed E-state index contributed by atoms with van der Waals surface area (Å²) in [5.41, 5.74) is 4.49. The van der Waals surface area contributed by atoms with Crippen molar-refractivity contribution in [2.24, 2.45) is 0 Å². The highest BCUT2D eigenvalue weighted by atomic mass is 16.5. The number of carbonyl (C=O) groups excluding carboxylic acids is 1. The van der Waals surface area contributed by atoms with E-state index in [1.54, 1.807) is 0 Å². The van der Waals surface area contributed by atoms with Crippen LogP contribution in [0.25, 0.3) is 11.1 Å². The fourth-order valence-corrected chi connectivity index (χ4v) is 3.94. The Kier molecular flexibility index (Phi) is 5.49. The first-order chi connectivity index (χ1) is 15.0. The molecule has 158 valence electrons. The largest absolute Gasteiger partial charge is 0.504 e. The van der Waals surface area contributed by atoms with Gasteiger partial charge >= 0.3 is 12.1 Å². The molecule has 3 aromatic rings. The Morgan fingerprint density at radius 1 is 0.903 bits per heavy atom. The summed E-state index contributed by atoms with van der Waals surface area (Å²) in [4.78, 5) is 24.0. The fraction of sp³-hybridized carbons (Fsp3) is 0.167. The normalized spacial score (nSPS) is 13.2. The number of carboxylic acid groups (broad SMARTS) is 1. The number of alkyl carbamates (subject to hydrolysis) is 1. The number of para-hydroxylation sites is 1. The van der Waals surface area contributed by atoms with E-state index in [1.165, 1.54) is 18.2 Å². The third kappa shape index (κ3) is 4.02. The van der Waals surface area contributed by atoms with Crippen molar-refractivity contribution in [1.29, 1.82) is 0 Å². The van der Waals surface area contributed by atoms with Crippen LogP contribution in [-0.2, 0) is 16.0 Å². The van der Waals surface area contributed by atoms with Crippen molar-refractivity contribution in [2.45, 2.75) is 18.4 Å². The highest BCUT2D eigenvalue weighted by Crippen LogP contribution is 2.44. The van der Waals surface area contributed by atoms with Gasteiger partial charge in [-0.1, -0.05) is 60.7 Å². The van der Waals surface area contributed by atoms with Gasteiger partial charge in [-0.2, -0.15) is 0 Å². The molecular weight excluding hydrogens is 398 g/mol. The summed E-state index contributed by atoms with van der Waals surface area (Å²) in [6.07, 6.45) is -1.08. The lowest BCUT2D eigenvalue weighted by Gasteiger charge is -2.18. The quantitative estimate of drug-likeness (QED) is 0.454. The number of phenols is 2. The van der Waals surface area contributed by atoms with Crippen molar-refractivity contribution < 1.29 is 29.6 Å². The molecule has 4 rings (SSSR count). The van der Waals surface area contributed by atoms with Gasteiger partial charge in [-0.25, -0.2) is 9.59 Å². The number of aromatic hydroxyl groups is 2. The summed E-state index contributed by atoms with van der Waals surface area (Å²) in [6.45, 7) is 0.0591. The third-order valence-corrected chi connectivity index (χ3v) is 5.46. The van der Waals surface area contributed by atoms with Crippen LogP contribution in [-0.4, -0.2) is 40.0 Å². The molecule has 0 fully saturated rings. The molecule has 0 saturated heterocycles. The Morgan fingerprint density at radius 3 is 2.13 bits per heavy atom. The van der Waals surface area contributed by atoms with E-state index in [4.69, 9.17) is 4.74 Å². The summed E-state index contributed by atoms with van der Waals surface area (Å²) in [5, 5.41) is 31.3. The van der Waals surface area contributed by atoms with Crippen molar-refractivity contribution in [2.75, 3.05) is 6.61 Å². The standard InChI is InChI=1S/C24H21NO6/c26-21-11-5-6-14(22(21)27)12-20(23(28)29)25-24(30)31-13-19-17-9-3-1-7-15(17)16-8-2-4-10-18(16)19/h1-11,19-20,26-27H,12-13H2,(H,25,30)(H,28,29). The average molecular weight is 419 g/mol. The molecule has 0 saturated carbocycles. The molecule has 0 radical (unpaired) electrons. The summed E-state index contributed by atoms with van der Waals surface area (Å²) in [5.74, 6) is -2.20. The van der Waals surface area contributed by atoms with Gasteiger partial charge in [0.15, 0.2) is 11.5 Å². The molecule has 3 aromatic carbocycles. The number of rotatable bonds is 6. The first-order valence-corrected chi connectivity index (χ1v) is 9.80. The van der Waals surface area contributed by atoms with Crippen LogP contribution in [0, 0.1) is 0 Å². The molecule has 0 aromatic heterocycles. The first-order valence-electron chi connectivity index (χ1n) is 9.80. The second-order valence-corrected chi connectivity index (χ2v) is 7.35. The van der Waals surface area contributed by atoms with E-state index in [-0.39, 0.29) is 30.3 Å². The van der Waals surface area contributed by atoms with Crippen LogP contribution in [0.5, 0.6) is 11.5 Å². The molecule has 1 atom stereocenters. The number of amides is 1. The zero-order valence-corrected chi connectivity index (χ0v) is 16.5. The first kappa shape index (κ1) is 20.3. The number of carbonyl (C=O) groups is 2. The topological polar surface area (TPSA) is 116 Å². The molecule has 0 aliphatic heterocycles. The Bertz CT molecular complexity index is 1100. The second-order valence-electron chi connectivity index (χ2n) is 7.35. The van der Waals surface area contributed by atoms with Crippen LogP contribution >= 0.6 is 0 Å². The van der Waals surface area contributed by atoms with Gasteiger partial charge < -0.3 is 25.4 Å². The molecular formula is C24H21NO6. The molecule has 7 heteroatoms. The second kappa shape index (κ2) is 8.39. The van der Waals surface area contributed by atoms with E-state index in [2.05, 4.69) is 5.32 Å². The van der Waals surface area contributed by atoms with Crippen LogP contribution in [0.2, 0.25) is 0 Å². The van der Waals surface area contributed by atoms with E-state index in [9.17, 15) is 24.9 Å². The summed E-state index contributed by atoms with van der Waals surface area (Å²) >= 11 is 0. The number of benzene rings is 3. The van der Waals surface area contributed by atoms with E-state index in [0.717, 1.165) is 22.3 Å². The van der Waals surface area contributed by atoms with Crippen molar-refractivity contribution in [3.8, 4) is 22.6 Å². The van der Waals surface area contributed by atoms with Crippen molar-refractivity contribution in [3.63, 3.8) is 0 Å². The zero-order chi connectivity index (χ0) is 22.0. The van der Waals surface area contributed by atoms with Crippen LogP contribution in [0.15, 0.2) is 66.7 Å². The number of hydrogen-bond donors (Lipinski definition) is 4. The predicted molar refractivity (Wildman–Crippen MR) is 113 cm³/mol. The number of carboxylic acids is 1. The maximum absolute atomic E-state index is 12.4. The van der Waals surface area contributed by atoms with Crippen LogP contribution in [0.3, 0.4) is 0 Å². The highest BCUT2D eigenvalue weighted by molar-refractivity contribution is 5.81. The predicted octanol–water partition coefficient (Wildman–Crippen LogP) is 3.63. The number of aliphatic carboxylic acids is 1. The zero-order valence-electron chi connectivity index (χ0n) is 16.5. The van der Waals surface area contributed by atoms with Gasteiger partial charge in [-0.15, -0.1) is 0 Å². The molecule has 31 heavy (non-hydrogen) atoms. The van der Waals surface area contributed by atoms with Gasteiger partial charge in [0.05, 0.1) is 0 Å². The third-order valence-electron chi connectivity index (χ3n) is 5.46. The maximum atomic E-state index is 12.4. The highest BCUT2D eigenvalue weighted by Gasteiger charge is 2.30. The Labute approximate surface area is 178 Å². The maximum Gasteiger partial charge on any atom is 0.407 e.